The zero-order valence-corrected chi connectivity index (χ0v) is 13.2. The Morgan fingerprint density at radius 2 is 1.91 bits per heavy atom. The van der Waals surface area contributed by atoms with Crippen LogP contribution < -0.4 is 10.2 Å². The van der Waals surface area contributed by atoms with Gasteiger partial charge in [-0.1, -0.05) is 23.7 Å². The van der Waals surface area contributed by atoms with E-state index in [1.165, 1.54) is 4.90 Å². The van der Waals surface area contributed by atoms with Crippen molar-refractivity contribution in [1.29, 1.82) is 0 Å². The van der Waals surface area contributed by atoms with Gasteiger partial charge in [-0.25, -0.2) is 0 Å². The van der Waals surface area contributed by atoms with Crippen LogP contribution in [0.3, 0.4) is 0 Å². The van der Waals surface area contributed by atoms with E-state index < -0.39 is 5.38 Å². The first-order chi connectivity index (χ1) is 10.5. The van der Waals surface area contributed by atoms with E-state index in [1.54, 1.807) is 49.4 Å². The molecule has 1 N–H and O–H groups in total. The second-order valence-electron chi connectivity index (χ2n) is 4.92. The fourth-order valence-corrected chi connectivity index (χ4v) is 2.67. The van der Waals surface area contributed by atoms with Crippen LogP contribution in [0.25, 0.3) is 0 Å². The van der Waals surface area contributed by atoms with Crippen molar-refractivity contribution >= 4 is 52.1 Å². The monoisotopic (exact) mass is 334 g/mol. The van der Waals surface area contributed by atoms with Crippen LogP contribution in [0.4, 0.5) is 17.1 Å². The fourth-order valence-electron chi connectivity index (χ4n) is 2.40. The number of nitrogens with one attached hydrogen (secondary N) is 1. The number of amides is 2. The highest BCUT2D eigenvalue weighted by Gasteiger charge is 2.30. The maximum absolute atomic E-state index is 12.6. The number of fused-ring (bicyclic) bond motifs is 2. The molecule has 1 aliphatic heterocycles. The van der Waals surface area contributed by atoms with E-state index in [4.69, 9.17) is 23.2 Å². The first-order valence-corrected chi connectivity index (χ1v) is 7.48. The minimum atomic E-state index is -0.732. The van der Waals surface area contributed by atoms with Gasteiger partial charge in [-0.15, -0.1) is 11.6 Å². The van der Waals surface area contributed by atoms with Crippen LogP contribution in [-0.2, 0) is 4.79 Å². The van der Waals surface area contributed by atoms with Crippen molar-refractivity contribution in [3.63, 3.8) is 0 Å². The van der Waals surface area contributed by atoms with Crippen LogP contribution in [0, 0.1) is 0 Å². The molecule has 112 valence electrons. The molecule has 4 nitrogen and oxygen atoms in total. The fraction of sp³-hybridized carbons (Fsp3) is 0.125. The molecular formula is C16H12Cl2N2O2. The topological polar surface area (TPSA) is 49.4 Å². The molecule has 1 heterocycles. The molecule has 0 fully saturated rings. The second-order valence-corrected chi connectivity index (χ2v) is 6.01. The van der Waals surface area contributed by atoms with Gasteiger partial charge < -0.3 is 5.32 Å². The highest BCUT2D eigenvalue weighted by Crippen LogP contribution is 2.39. The molecule has 0 saturated heterocycles. The molecule has 2 amide bonds. The lowest BCUT2D eigenvalue weighted by Gasteiger charge is -2.25. The van der Waals surface area contributed by atoms with E-state index >= 15 is 0 Å². The first-order valence-electron chi connectivity index (χ1n) is 6.67. The van der Waals surface area contributed by atoms with Crippen molar-refractivity contribution in [2.45, 2.75) is 12.3 Å². The second kappa shape index (κ2) is 5.63. The third kappa shape index (κ3) is 2.45. The highest BCUT2D eigenvalue weighted by atomic mass is 35.5. The smallest absolute Gasteiger partial charge is 0.257 e. The quantitative estimate of drug-likeness (QED) is 0.794. The predicted molar refractivity (Wildman–Crippen MR) is 88.3 cm³/mol. The third-order valence-corrected chi connectivity index (χ3v) is 3.82. The molecule has 0 bridgehead atoms. The summed E-state index contributed by atoms with van der Waals surface area (Å²) < 4.78 is 0. The number of nitrogens with zero attached hydrogens (tertiary/aromatic N) is 1. The van der Waals surface area contributed by atoms with Gasteiger partial charge in [0, 0.05) is 5.02 Å². The number of anilines is 3. The van der Waals surface area contributed by atoms with Gasteiger partial charge in [0.25, 0.3) is 5.91 Å². The number of hydrogen-bond acceptors (Lipinski definition) is 2. The SMILES string of the molecule is CC(Cl)C(=O)N1c2ccc(Cl)cc2NC(=O)c2ccccc21. The summed E-state index contributed by atoms with van der Waals surface area (Å²) in [5.41, 5.74) is 1.92. The minimum Gasteiger partial charge on any atom is -0.320 e. The maximum Gasteiger partial charge on any atom is 0.257 e. The summed E-state index contributed by atoms with van der Waals surface area (Å²) in [5, 5.41) is 2.52. The average molecular weight is 335 g/mol. The van der Waals surface area contributed by atoms with E-state index in [0.29, 0.717) is 27.6 Å². The summed E-state index contributed by atoms with van der Waals surface area (Å²) in [6.07, 6.45) is 0. The normalized spacial score (nSPS) is 14.5. The summed E-state index contributed by atoms with van der Waals surface area (Å²) in [7, 11) is 0. The third-order valence-electron chi connectivity index (χ3n) is 3.40. The predicted octanol–water partition coefficient (Wildman–Crippen LogP) is 4.20. The Hall–Kier alpha value is -2.04. The van der Waals surface area contributed by atoms with Gasteiger partial charge in [0.1, 0.15) is 5.38 Å². The standard InChI is InChI=1S/C16H12Cl2N2O2/c1-9(17)16(22)20-13-5-3-2-4-11(13)15(21)19-12-8-10(18)6-7-14(12)20/h2-9H,1H3,(H,19,21). The van der Waals surface area contributed by atoms with Crippen LogP contribution in [-0.4, -0.2) is 17.2 Å². The van der Waals surface area contributed by atoms with Crippen molar-refractivity contribution in [3.05, 3.63) is 53.1 Å². The lowest BCUT2D eigenvalue weighted by atomic mass is 10.1. The van der Waals surface area contributed by atoms with Crippen molar-refractivity contribution in [3.8, 4) is 0 Å². The van der Waals surface area contributed by atoms with Gasteiger partial charge in [0.15, 0.2) is 0 Å². The van der Waals surface area contributed by atoms with Crippen LogP contribution in [0.2, 0.25) is 5.02 Å². The minimum absolute atomic E-state index is 0.295. The molecule has 1 unspecified atom stereocenters. The Morgan fingerprint density at radius 1 is 1.18 bits per heavy atom. The van der Waals surface area contributed by atoms with Crippen molar-refractivity contribution in [1.82, 2.24) is 0 Å². The summed E-state index contributed by atoms with van der Waals surface area (Å²) in [6, 6.07) is 11.9. The Morgan fingerprint density at radius 3 is 2.64 bits per heavy atom. The Labute approximate surface area is 137 Å². The van der Waals surface area contributed by atoms with Gasteiger partial charge >= 0.3 is 0 Å². The number of rotatable bonds is 1. The van der Waals surface area contributed by atoms with Gasteiger partial charge in [-0.05, 0) is 37.3 Å². The number of carbonyl (C=O) groups excluding carboxylic acids is 2. The number of para-hydroxylation sites is 1. The van der Waals surface area contributed by atoms with Crippen LogP contribution >= 0.6 is 23.2 Å². The molecule has 22 heavy (non-hydrogen) atoms. The van der Waals surface area contributed by atoms with Crippen LogP contribution in [0.1, 0.15) is 17.3 Å². The number of hydrogen-bond donors (Lipinski definition) is 1. The van der Waals surface area contributed by atoms with Gasteiger partial charge in [-0.2, -0.15) is 0 Å². The molecule has 2 aromatic carbocycles. The molecule has 6 heteroatoms. The zero-order chi connectivity index (χ0) is 15.9. The van der Waals surface area contributed by atoms with Crippen molar-refractivity contribution in [2.75, 3.05) is 10.2 Å². The Balaban J connectivity index is 2.29. The van der Waals surface area contributed by atoms with Gasteiger partial charge in [0.05, 0.1) is 22.6 Å². The highest BCUT2D eigenvalue weighted by molar-refractivity contribution is 6.35. The number of alkyl halides is 1. The lowest BCUT2D eigenvalue weighted by molar-refractivity contribution is -0.117. The average Bonchev–Trinajstić information content (AvgIpc) is 2.60. The van der Waals surface area contributed by atoms with Crippen LogP contribution in [0.15, 0.2) is 42.5 Å². The maximum atomic E-state index is 12.6. The zero-order valence-electron chi connectivity index (χ0n) is 11.6. The number of halogens is 2. The van der Waals surface area contributed by atoms with Crippen molar-refractivity contribution < 1.29 is 9.59 Å². The molecule has 2 aromatic rings. The molecule has 0 saturated carbocycles. The Kier molecular flexibility index (Phi) is 3.81. The van der Waals surface area contributed by atoms with Crippen molar-refractivity contribution in [2.24, 2.45) is 0 Å². The molecule has 0 aromatic heterocycles. The number of carbonyl (C=O) groups is 2. The molecule has 0 radical (unpaired) electrons. The molecule has 3 rings (SSSR count). The summed E-state index contributed by atoms with van der Waals surface area (Å²) in [4.78, 5) is 26.4. The van der Waals surface area contributed by atoms with Gasteiger partial charge in [0.2, 0.25) is 5.91 Å². The first kappa shape index (κ1) is 14.9. The largest absolute Gasteiger partial charge is 0.320 e. The molecular weight excluding hydrogens is 323 g/mol. The van der Waals surface area contributed by atoms with E-state index in [-0.39, 0.29) is 11.8 Å². The summed E-state index contributed by atoms with van der Waals surface area (Å²) in [5.74, 6) is -0.606. The lowest BCUT2D eigenvalue weighted by Crippen LogP contribution is -2.32. The molecule has 1 aliphatic rings. The van der Waals surface area contributed by atoms with E-state index in [2.05, 4.69) is 5.32 Å². The Bertz CT molecular complexity index is 774. The van der Waals surface area contributed by atoms with Crippen LogP contribution in [0.5, 0.6) is 0 Å². The number of benzene rings is 2. The summed E-state index contributed by atoms with van der Waals surface area (Å²) in [6.45, 7) is 1.60. The molecule has 0 spiro atoms. The van der Waals surface area contributed by atoms with E-state index in [0.717, 1.165) is 0 Å². The summed E-state index contributed by atoms with van der Waals surface area (Å²) >= 11 is 12.0. The molecule has 1 atom stereocenters. The van der Waals surface area contributed by atoms with Gasteiger partial charge in [-0.3, -0.25) is 14.5 Å². The van der Waals surface area contributed by atoms with E-state index in [1.807, 2.05) is 0 Å². The van der Waals surface area contributed by atoms with E-state index in [9.17, 15) is 9.59 Å². The molecule has 0 aliphatic carbocycles.